The van der Waals surface area contributed by atoms with E-state index in [4.69, 9.17) is 21.3 Å². The summed E-state index contributed by atoms with van der Waals surface area (Å²) in [5, 5.41) is 9.02. The van der Waals surface area contributed by atoms with Crippen molar-refractivity contribution in [3.8, 4) is 0 Å². The van der Waals surface area contributed by atoms with Crippen molar-refractivity contribution in [1.82, 2.24) is 19.5 Å². The van der Waals surface area contributed by atoms with Gasteiger partial charge in [0.05, 0.1) is 19.0 Å². The smallest absolute Gasteiger partial charge is 0.224 e. The van der Waals surface area contributed by atoms with Gasteiger partial charge in [-0.15, -0.1) is 0 Å². The summed E-state index contributed by atoms with van der Waals surface area (Å²) in [4.78, 5) is 11.8. The molecule has 0 saturated carbocycles. The molecule has 3 rings (SSSR count). The number of nitrogens with two attached hydrogens (primary N) is 2. The molecule has 19 heavy (non-hydrogen) atoms. The van der Waals surface area contributed by atoms with Crippen LogP contribution in [0, 0.1) is 0 Å². The Bertz CT molecular complexity index is 617. The highest BCUT2D eigenvalue weighted by molar-refractivity contribution is 5.82. The highest BCUT2D eigenvalue weighted by Gasteiger charge is 2.37. The molecule has 8 nitrogen and oxygen atoms in total. The number of nitrogens with zero attached hydrogens (tertiary/aromatic N) is 4. The number of hydrogen-bond donors (Lipinski definition) is 3. The van der Waals surface area contributed by atoms with Crippen LogP contribution >= 0.6 is 0 Å². The molecule has 2 aromatic rings. The number of fused-ring (bicyclic) bond motifs is 1. The molecule has 9 heteroatoms. The molecule has 0 aromatic carbocycles. The van der Waals surface area contributed by atoms with Gasteiger partial charge in [0.15, 0.2) is 17.7 Å². The Labute approximate surface area is 107 Å². The lowest BCUT2D eigenvalue weighted by molar-refractivity contribution is -0.0351. The van der Waals surface area contributed by atoms with E-state index in [2.05, 4.69) is 15.0 Å². The Morgan fingerprint density at radius 1 is 1.47 bits per heavy atom. The van der Waals surface area contributed by atoms with Crippen molar-refractivity contribution >= 4 is 22.9 Å². The van der Waals surface area contributed by atoms with E-state index in [9.17, 15) is 4.39 Å². The molecule has 102 valence electrons. The van der Waals surface area contributed by atoms with Crippen LogP contribution in [0.15, 0.2) is 6.33 Å². The Kier molecular flexibility index (Phi) is 2.72. The maximum atomic E-state index is 13.9. The second-order valence-electron chi connectivity index (χ2n) is 4.37. The number of halogens is 1. The van der Waals surface area contributed by atoms with Gasteiger partial charge in [-0.2, -0.15) is 9.97 Å². The van der Waals surface area contributed by atoms with E-state index in [-0.39, 0.29) is 24.8 Å². The van der Waals surface area contributed by atoms with Crippen molar-refractivity contribution in [2.24, 2.45) is 0 Å². The highest BCUT2D eigenvalue weighted by atomic mass is 19.1. The van der Waals surface area contributed by atoms with Crippen LogP contribution in [0.25, 0.3) is 11.2 Å². The number of rotatable bonds is 2. The number of aliphatic hydroxyl groups is 1. The summed E-state index contributed by atoms with van der Waals surface area (Å²) in [5.41, 5.74) is 11.9. The Hall–Kier alpha value is -2.00. The van der Waals surface area contributed by atoms with Crippen molar-refractivity contribution in [3.63, 3.8) is 0 Å². The summed E-state index contributed by atoms with van der Waals surface area (Å²) in [6.07, 6.45) is -1.18. The van der Waals surface area contributed by atoms with Crippen LogP contribution in [-0.2, 0) is 4.74 Å². The largest absolute Gasteiger partial charge is 0.394 e. The first kappa shape index (κ1) is 12.1. The molecule has 0 unspecified atom stereocenters. The summed E-state index contributed by atoms with van der Waals surface area (Å²) >= 11 is 0. The van der Waals surface area contributed by atoms with Crippen LogP contribution in [0.4, 0.5) is 16.2 Å². The van der Waals surface area contributed by atoms with E-state index in [1.165, 1.54) is 10.9 Å². The third-order valence-corrected chi connectivity index (χ3v) is 3.07. The molecular weight excluding hydrogens is 255 g/mol. The van der Waals surface area contributed by atoms with Gasteiger partial charge in [-0.3, -0.25) is 4.57 Å². The molecule has 1 saturated heterocycles. The molecule has 0 radical (unpaired) electrons. The zero-order valence-corrected chi connectivity index (χ0v) is 9.90. The predicted octanol–water partition coefficient (Wildman–Crippen LogP) is -0.391. The summed E-state index contributed by atoms with van der Waals surface area (Å²) in [7, 11) is 0. The van der Waals surface area contributed by atoms with Crippen molar-refractivity contribution < 1.29 is 14.2 Å². The van der Waals surface area contributed by atoms with E-state index in [0.29, 0.717) is 11.2 Å². The SMILES string of the molecule is Nc1nc(N)c2ncn([C@@H]3O[C@H](CO)C[C@H]3F)c2n1. The minimum Gasteiger partial charge on any atom is -0.394 e. The molecule has 3 atom stereocenters. The fourth-order valence-electron chi connectivity index (χ4n) is 2.21. The Balaban J connectivity index is 2.06. The van der Waals surface area contributed by atoms with Gasteiger partial charge in [-0.1, -0.05) is 0 Å². The fraction of sp³-hybridized carbons (Fsp3) is 0.500. The zero-order chi connectivity index (χ0) is 13.6. The van der Waals surface area contributed by atoms with E-state index in [1.807, 2.05) is 0 Å². The van der Waals surface area contributed by atoms with Crippen molar-refractivity contribution in [3.05, 3.63) is 6.33 Å². The molecule has 0 amide bonds. The van der Waals surface area contributed by atoms with E-state index in [1.54, 1.807) is 0 Å². The van der Waals surface area contributed by atoms with Gasteiger partial charge >= 0.3 is 0 Å². The lowest BCUT2D eigenvalue weighted by Gasteiger charge is -2.15. The number of aromatic nitrogens is 4. The van der Waals surface area contributed by atoms with Gasteiger partial charge in [0, 0.05) is 6.42 Å². The molecule has 1 aliphatic heterocycles. The van der Waals surface area contributed by atoms with Crippen LogP contribution in [-0.4, -0.2) is 43.5 Å². The Morgan fingerprint density at radius 2 is 2.26 bits per heavy atom. The summed E-state index contributed by atoms with van der Waals surface area (Å²) < 4.78 is 20.8. The maximum absolute atomic E-state index is 13.9. The topological polar surface area (TPSA) is 125 Å². The maximum Gasteiger partial charge on any atom is 0.224 e. The molecule has 5 N–H and O–H groups in total. The Morgan fingerprint density at radius 3 is 2.95 bits per heavy atom. The van der Waals surface area contributed by atoms with Crippen LogP contribution in [0.1, 0.15) is 12.6 Å². The molecular formula is C10H13FN6O2. The third-order valence-electron chi connectivity index (χ3n) is 3.07. The molecule has 0 aliphatic carbocycles. The molecule has 0 spiro atoms. The molecule has 0 bridgehead atoms. The molecule has 2 aromatic heterocycles. The van der Waals surface area contributed by atoms with Crippen LogP contribution in [0.5, 0.6) is 0 Å². The average molecular weight is 268 g/mol. The second-order valence-corrected chi connectivity index (χ2v) is 4.37. The van der Waals surface area contributed by atoms with Crippen molar-refractivity contribution in [2.45, 2.75) is 24.9 Å². The number of aliphatic hydroxyl groups excluding tert-OH is 1. The normalized spacial score (nSPS) is 27.2. The van der Waals surface area contributed by atoms with Crippen LogP contribution < -0.4 is 11.5 Å². The van der Waals surface area contributed by atoms with Gasteiger partial charge in [0.2, 0.25) is 5.95 Å². The van der Waals surface area contributed by atoms with Gasteiger partial charge in [0.1, 0.15) is 11.7 Å². The van der Waals surface area contributed by atoms with E-state index >= 15 is 0 Å². The number of alkyl halides is 1. The van der Waals surface area contributed by atoms with Gasteiger partial charge in [-0.25, -0.2) is 9.37 Å². The molecule has 1 fully saturated rings. The number of anilines is 2. The fourth-order valence-corrected chi connectivity index (χ4v) is 2.21. The lowest BCUT2D eigenvalue weighted by Crippen LogP contribution is -2.17. The predicted molar refractivity (Wildman–Crippen MR) is 64.7 cm³/mol. The van der Waals surface area contributed by atoms with Crippen LogP contribution in [0.3, 0.4) is 0 Å². The van der Waals surface area contributed by atoms with E-state index < -0.39 is 18.5 Å². The van der Waals surface area contributed by atoms with E-state index in [0.717, 1.165) is 0 Å². The standard InChI is InChI=1S/C10H13FN6O2/c11-5-1-4(2-18)19-9(5)17-3-14-6-7(12)15-10(13)16-8(6)17/h3-5,9,18H,1-2H2,(H4,12,13,15,16)/t4-,5+,9+/m0/s1. The molecule has 3 heterocycles. The summed E-state index contributed by atoms with van der Waals surface area (Å²) in [6.45, 7) is -0.233. The first-order valence-corrected chi connectivity index (χ1v) is 5.76. The zero-order valence-electron chi connectivity index (χ0n) is 9.90. The molecule has 1 aliphatic rings. The minimum atomic E-state index is -1.26. The quantitative estimate of drug-likeness (QED) is 0.677. The number of ether oxygens (including phenoxy) is 1. The second kappa shape index (κ2) is 4.28. The van der Waals surface area contributed by atoms with Crippen LogP contribution in [0.2, 0.25) is 0 Å². The van der Waals surface area contributed by atoms with Gasteiger partial charge in [0.25, 0.3) is 0 Å². The third kappa shape index (κ3) is 1.87. The summed E-state index contributed by atoms with van der Waals surface area (Å²) in [6, 6.07) is 0. The monoisotopic (exact) mass is 268 g/mol. The number of imidazole rings is 1. The summed E-state index contributed by atoms with van der Waals surface area (Å²) in [5.74, 6) is 0.118. The van der Waals surface area contributed by atoms with Gasteiger partial charge in [-0.05, 0) is 0 Å². The number of nitrogen functional groups attached to an aromatic ring is 2. The first-order valence-electron chi connectivity index (χ1n) is 5.76. The first-order chi connectivity index (χ1) is 9.10. The average Bonchev–Trinajstić information content (AvgIpc) is 2.92. The van der Waals surface area contributed by atoms with Crippen molar-refractivity contribution in [1.29, 1.82) is 0 Å². The lowest BCUT2D eigenvalue weighted by atomic mass is 10.2. The van der Waals surface area contributed by atoms with Crippen molar-refractivity contribution in [2.75, 3.05) is 18.1 Å². The minimum absolute atomic E-state index is 0.0149. The number of hydrogen-bond acceptors (Lipinski definition) is 7. The van der Waals surface area contributed by atoms with Gasteiger partial charge < -0.3 is 21.3 Å². The highest BCUT2D eigenvalue weighted by Crippen LogP contribution is 2.33.